The van der Waals surface area contributed by atoms with Gasteiger partial charge in [-0.05, 0) is 69.0 Å². The summed E-state index contributed by atoms with van der Waals surface area (Å²) < 4.78 is 5.52. The summed E-state index contributed by atoms with van der Waals surface area (Å²) in [6.07, 6.45) is 7.93. The molecule has 2 heteroatoms. The first-order valence-corrected chi connectivity index (χ1v) is 8.46. The third-order valence-electron chi connectivity index (χ3n) is 5.98. The van der Waals surface area contributed by atoms with Crippen molar-refractivity contribution in [2.24, 2.45) is 5.92 Å². The largest absolute Gasteiger partial charge is 0.497 e. The molecule has 2 aliphatic rings. The standard InChI is InChI=1S/C19H29NO/c1-5-19-11-7-6-8-15(18(19)20(2)3)12-14-9-10-16(21-4)13-17(14)19/h9-10,13,15,18H,5-8,11-12H2,1-4H3/t15?,18?,19-/m1/s1. The number of nitrogens with zero attached hydrogens (tertiary/aromatic N) is 1. The number of fused-ring (bicyclic) bond motifs is 4. The number of rotatable bonds is 3. The smallest absolute Gasteiger partial charge is 0.119 e. The lowest BCUT2D eigenvalue weighted by Crippen LogP contribution is -2.54. The molecule has 0 amide bonds. The van der Waals surface area contributed by atoms with Crippen molar-refractivity contribution in [3.63, 3.8) is 0 Å². The van der Waals surface area contributed by atoms with Gasteiger partial charge in [0.2, 0.25) is 0 Å². The van der Waals surface area contributed by atoms with Gasteiger partial charge in [-0.2, -0.15) is 0 Å². The maximum atomic E-state index is 5.52. The number of benzene rings is 1. The fourth-order valence-electron chi connectivity index (χ4n) is 5.21. The SMILES string of the molecule is CC[C@@]12CCCCC(Cc3ccc(OC)cc31)C2N(C)C. The lowest BCUT2D eigenvalue weighted by Gasteiger charge is -2.51. The molecule has 2 aliphatic carbocycles. The maximum absolute atomic E-state index is 5.52. The van der Waals surface area contributed by atoms with Crippen LogP contribution in [0.3, 0.4) is 0 Å². The van der Waals surface area contributed by atoms with Gasteiger partial charge in [-0.15, -0.1) is 0 Å². The van der Waals surface area contributed by atoms with Crippen molar-refractivity contribution in [3.05, 3.63) is 29.3 Å². The van der Waals surface area contributed by atoms with E-state index in [1.807, 2.05) is 0 Å². The minimum Gasteiger partial charge on any atom is -0.497 e. The summed E-state index contributed by atoms with van der Waals surface area (Å²) in [5.41, 5.74) is 3.45. The van der Waals surface area contributed by atoms with Crippen molar-refractivity contribution in [1.82, 2.24) is 4.90 Å². The summed E-state index contributed by atoms with van der Waals surface area (Å²) in [5, 5.41) is 0. The molecule has 0 aromatic heterocycles. The fraction of sp³-hybridized carbons (Fsp3) is 0.684. The van der Waals surface area contributed by atoms with Gasteiger partial charge < -0.3 is 9.64 Å². The van der Waals surface area contributed by atoms with E-state index in [4.69, 9.17) is 4.74 Å². The average Bonchev–Trinajstić information content (AvgIpc) is 2.63. The predicted octanol–water partition coefficient (Wildman–Crippen LogP) is 4.02. The number of ether oxygens (including phenoxy) is 1. The average molecular weight is 287 g/mol. The highest BCUT2D eigenvalue weighted by Gasteiger charge is 2.49. The van der Waals surface area contributed by atoms with Gasteiger partial charge in [-0.3, -0.25) is 0 Å². The Balaban J connectivity index is 2.18. The van der Waals surface area contributed by atoms with E-state index in [0.29, 0.717) is 11.5 Å². The van der Waals surface area contributed by atoms with Crippen LogP contribution < -0.4 is 4.74 Å². The fourth-order valence-corrected chi connectivity index (χ4v) is 5.21. The van der Waals surface area contributed by atoms with E-state index in [-0.39, 0.29) is 0 Å². The number of hydrogen-bond acceptors (Lipinski definition) is 2. The summed E-state index contributed by atoms with van der Waals surface area (Å²) >= 11 is 0. The highest BCUT2D eigenvalue weighted by atomic mass is 16.5. The van der Waals surface area contributed by atoms with Crippen molar-refractivity contribution in [2.45, 2.75) is 56.9 Å². The van der Waals surface area contributed by atoms with E-state index >= 15 is 0 Å². The molecule has 1 fully saturated rings. The molecule has 0 N–H and O–H groups in total. The molecular formula is C19H29NO. The zero-order chi connectivity index (χ0) is 15.0. The third kappa shape index (κ3) is 2.28. The molecule has 2 unspecified atom stereocenters. The molecule has 21 heavy (non-hydrogen) atoms. The Morgan fingerprint density at radius 3 is 2.76 bits per heavy atom. The Kier molecular flexibility index (Phi) is 4.00. The molecule has 0 spiro atoms. The highest BCUT2D eigenvalue weighted by Crippen LogP contribution is 2.51. The highest BCUT2D eigenvalue weighted by molar-refractivity contribution is 5.45. The molecule has 1 aromatic rings. The summed E-state index contributed by atoms with van der Waals surface area (Å²) in [7, 11) is 6.33. The van der Waals surface area contributed by atoms with Crippen LogP contribution in [0, 0.1) is 5.92 Å². The molecular weight excluding hydrogens is 258 g/mol. The summed E-state index contributed by atoms with van der Waals surface area (Å²) in [4.78, 5) is 2.50. The first-order chi connectivity index (χ1) is 10.1. The van der Waals surface area contributed by atoms with Gasteiger partial charge in [-0.25, -0.2) is 0 Å². The van der Waals surface area contributed by atoms with Gasteiger partial charge in [0, 0.05) is 11.5 Å². The predicted molar refractivity (Wildman–Crippen MR) is 88.1 cm³/mol. The minimum absolute atomic E-state index is 0.312. The molecule has 2 nitrogen and oxygen atoms in total. The van der Waals surface area contributed by atoms with Crippen LogP contribution in [0.2, 0.25) is 0 Å². The zero-order valence-electron chi connectivity index (χ0n) is 14.0. The van der Waals surface area contributed by atoms with Crippen molar-refractivity contribution in [1.29, 1.82) is 0 Å². The van der Waals surface area contributed by atoms with Crippen LogP contribution in [0.15, 0.2) is 18.2 Å². The number of methoxy groups -OCH3 is 1. The Labute approximate surface area is 129 Å². The third-order valence-corrected chi connectivity index (χ3v) is 5.98. The molecule has 3 atom stereocenters. The van der Waals surface area contributed by atoms with Gasteiger partial charge in [0.05, 0.1) is 7.11 Å². The van der Waals surface area contributed by atoms with Crippen LogP contribution in [0.5, 0.6) is 5.75 Å². The van der Waals surface area contributed by atoms with Crippen LogP contribution in [0.4, 0.5) is 0 Å². The van der Waals surface area contributed by atoms with Gasteiger partial charge in [-0.1, -0.05) is 25.8 Å². The van der Waals surface area contributed by atoms with Crippen LogP contribution in [-0.2, 0) is 11.8 Å². The van der Waals surface area contributed by atoms with Gasteiger partial charge in [0.15, 0.2) is 0 Å². The van der Waals surface area contributed by atoms with Crippen LogP contribution in [0.1, 0.15) is 50.2 Å². The maximum Gasteiger partial charge on any atom is 0.119 e. The van der Waals surface area contributed by atoms with E-state index in [0.717, 1.165) is 11.7 Å². The Hall–Kier alpha value is -1.02. The van der Waals surface area contributed by atoms with Crippen molar-refractivity contribution in [3.8, 4) is 5.75 Å². The molecule has 3 rings (SSSR count). The van der Waals surface area contributed by atoms with E-state index in [1.54, 1.807) is 18.2 Å². The second kappa shape index (κ2) is 5.64. The minimum atomic E-state index is 0.312. The zero-order valence-corrected chi connectivity index (χ0v) is 14.0. The van der Waals surface area contributed by atoms with E-state index in [9.17, 15) is 0 Å². The van der Waals surface area contributed by atoms with Gasteiger partial charge in [0.25, 0.3) is 0 Å². The molecule has 2 bridgehead atoms. The number of likely N-dealkylation sites (N-methyl/N-ethyl adjacent to an activating group) is 1. The molecule has 0 heterocycles. The van der Waals surface area contributed by atoms with Crippen LogP contribution >= 0.6 is 0 Å². The molecule has 0 saturated heterocycles. The normalized spacial score (nSPS) is 31.7. The molecule has 0 radical (unpaired) electrons. The van der Waals surface area contributed by atoms with Crippen molar-refractivity contribution >= 4 is 0 Å². The van der Waals surface area contributed by atoms with E-state index < -0.39 is 0 Å². The molecule has 116 valence electrons. The van der Waals surface area contributed by atoms with Crippen LogP contribution in [0.25, 0.3) is 0 Å². The van der Waals surface area contributed by atoms with Gasteiger partial charge >= 0.3 is 0 Å². The second-order valence-corrected chi connectivity index (χ2v) is 7.15. The van der Waals surface area contributed by atoms with E-state index in [2.05, 4.69) is 44.1 Å². The molecule has 1 saturated carbocycles. The monoisotopic (exact) mass is 287 g/mol. The van der Waals surface area contributed by atoms with Crippen molar-refractivity contribution in [2.75, 3.05) is 21.2 Å². The quantitative estimate of drug-likeness (QED) is 0.832. The second-order valence-electron chi connectivity index (χ2n) is 7.15. The summed E-state index contributed by atoms with van der Waals surface area (Å²) in [6.45, 7) is 2.38. The molecule has 1 aromatic carbocycles. The van der Waals surface area contributed by atoms with Gasteiger partial charge in [0.1, 0.15) is 5.75 Å². The Morgan fingerprint density at radius 1 is 1.29 bits per heavy atom. The number of hydrogen-bond donors (Lipinski definition) is 0. The first kappa shape index (κ1) is 14.9. The van der Waals surface area contributed by atoms with Crippen molar-refractivity contribution < 1.29 is 4.74 Å². The lowest BCUT2D eigenvalue weighted by molar-refractivity contribution is 0.0942. The Bertz CT molecular complexity index is 510. The van der Waals surface area contributed by atoms with E-state index in [1.165, 1.54) is 38.5 Å². The summed E-state index contributed by atoms with van der Waals surface area (Å²) in [6, 6.07) is 7.47. The van der Waals surface area contributed by atoms with Crippen LogP contribution in [-0.4, -0.2) is 32.1 Å². The Morgan fingerprint density at radius 2 is 2.10 bits per heavy atom. The molecule has 0 aliphatic heterocycles. The summed E-state index contributed by atoms with van der Waals surface area (Å²) in [5.74, 6) is 1.82. The topological polar surface area (TPSA) is 12.5 Å². The first-order valence-electron chi connectivity index (χ1n) is 8.46. The lowest BCUT2D eigenvalue weighted by atomic mass is 9.60.